The van der Waals surface area contributed by atoms with Crippen molar-refractivity contribution in [1.29, 1.82) is 0 Å². The Morgan fingerprint density at radius 1 is 0.920 bits per heavy atom. The minimum absolute atomic E-state index is 0.0294. The molecule has 0 saturated heterocycles. The SMILES string of the molecule is CCC(C)(C)c1cc2c(c(C(C)(C)CC)c1)O[PH](=O)c1ccccc1-2. The number of hydrogen-bond acceptors (Lipinski definition) is 2. The molecule has 134 valence electrons. The summed E-state index contributed by atoms with van der Waals surface area (Å²) in [5.74, 6) is 0.824. The van der Waals surface area contributed by atoms with Crippen molar-refractivity contribution >= 4 is 13.3 Å². The van der Waals surface area contributed by atoms with E-state index in [9.17, 15) is 4.57 Å². The summed E-state index contributed by atoms with van der Waals surface area (Å²) in [6.07, 6.45) is 2.07. The molecule has 0 spiro atoms. The number of hydrogen-bond donors (Lipinski definition) is 0. The molecule has 0 aromatic heterocycles. The lowest BCUT2D eigenvalue weighted by molar-refractivity contribution is 0.460. The molecule has 0 radical (unpaired) electrons. The molecule has 0 amide bonds. The van der Waals surface area contributed by atoms with Crippen LogP contribution in [0.15, 0.2) is 36.4 Å². The van der Waals surface area contributed by atoms with Gasteiger partial charge in [0, 0.05) is 11.1 Å². The van der Waals surface area contributed by atoms with Crippen molar-refractivity contribution in [3.05, 3.63) is 47.5 Å². The van der Waals surface area contributed by atoms with Gasteiger partial charge in [-0.05, 0) is 46.9 Å². The molecule has 25 heavy (non-hydrogen) atoms. The van der Waals surface area contributed by atoms with Gasteiger partial charge in [0.05, 0.1) is 5.30 Å². The van der Waals surface area contributed by atoms with Crippen molar-refractivity contribution in [2.24, 2.45) is 0 Å². The van der Waals surface area contributed by atoms with E-state index in [2.05, 4.69) is 59.7 Å². The lowest BCUT2D eigenvalue weighted by Crippen LogP contribution is -2.23. The van der Waals surface area contributed by atoms with Gasteiger partial charge in [-0.2, -0.15) is 0 Å². The summed E-state index contributed by atoms with van der Waals surface area (Å²) in [7, 11) is -2.25. The third kappa shape index (κ3) is 3.06. The summed E-state index contributed by atoms with van der Waals surface area (Å²) in [6, 6.07) is 12.5. The van der Waals surface area contributed by atoms with Gasteiger partial charge in [0.1, 0.15) is 5.75 Å². The molecule has 3 rings (SSSR count). The van der Waals surface area contributed by atoms with Crippen molar-refractivity contribution in [2.75, 3.05) is 0 Å². The zero-order valence-corrected chi connectivity index (χ0v) is 17.2. The van der Waals surface area contributed by atoms with Gasteiger partial charge in [-0.1, -0.05) is 65.8 Å². The van der Waals surface area contributed by atoms with E-state index in [1.807, 2.05) is 18.2 Å². The van der Waals surface area contributed by atoms with Gasteiger partial charge in [-0.25, -0.2) is 0 Å². The minimum atomic E-state index is -2.25. The monoisotopic (exact) mass is 356 g/mol. The predicted molar refractivity (Wildman–Crippen MR) is 108 cm³/mol. The Labute approximate surface area is 152 Å². The van der Waals surface area contributed by atoms with Gasteiger partial charge >= 0.3 is 0 Å². The Kier molecular flexibility index (Phi) is 4.62. The second kappa shape index (κ2) is 6.32. The Morgan fingerprint density at radius 2 is 1.56 bits per heavy atom. The standard InChI is InChI=1S/C22H29O2P/c1-7-21(3,4)15-13-17-16-11-9-10-12-19(16)25(23)24-20(17)18(14-15)22(5,6)8-2/h9-14,25H,7-8H2,1-6H3. The van der Waals surface area contributed by atoms with E-state index >= 15 is 0 Å². The van der Waals surface area contributed by atoms with Crippen LogP contribution in [0.25, 0.3) is 11.1 Å². The first-order chi connectivity index (χ1) is 11.7. The summed E-state index contributed by atoms with van der Waals surface area (Å²) in [5, 5.41) is 0.840. The lowest BCUT2D eigenvalue weighted by atomic mass is 9.74. The van der Waals surface area contributed by atoms with Crippen molar-refractivity contribution in [3.8, 4) is 16.9 Å². The molecule has 0 N–H and O–H groups in total. The van der Waals surface area contributed by atoms with E-state index in [4.69, 9.17) is 4.52 Å². The van der Waals surface area contributed by atoms with Gasteiger partial charge in [-0.15, -0.1) is 0 Å². The van der Waals surface area contributed by atoms with E-state index < -0.39 is 8.03 Å². The molecule has 3 heteroatoms. The fraction of sp³-hybridized carbons (Fsp3) is 0.455. The highest BCUT2D eigenvalue weighted by atomic mass is 31.1. The van der Waals surface area contributed by atoms with Gasteiger partial charge in [0.25, 0.3) is 8.03 Å². The van der Waals surface area contributed by atoms with Crippen molar-refractivity contribution in [1.82, 2.24) is 0 Å². The van der Waals surface area contributed by atoms with Crippen LogP contribution in [0.3, 0.4) is 0 Å². The average Bonchev–Trinajstić information content (AvgIpc) is 2.61. The molecule has 0 aliphatic carbocycles. The van der Waals surface area contributed by atoms with Crippen LogP contribution in [-0.4, -0.2) is 0 Å². The quantitative estimate of drug-likeness (QED) is 0.608. The van der Waals surface area contributed by atoms with Crippen molar-refractivity contribution < 1.29 is 9.09 Å². The molecule has 2 aromatic carbocycles. The summed E-state index contributed by atoms with van der Waals surface area (Å²) < 4.78 is 18.7. The van der Waals surface area contributed by atoms with Gasteiger partial charge < -0.3 is 4.52 Å². The molecule has 2 aromatic rings. The topological polar surface area (TPSA) is 26.3 Å². The van der Waals surface area contributed by atoms with Gasteiger partial charge in [-0.3, -0.25) is 4.57 Å². The maximum absolute atomic E-state index is 12.7. The first kappa shape index (κ1) is 18.3. The second-order valence-electron chi connectivity index (χ2n) is 8.31. The summed E-state index contributed by atoms with van der Waals surface area (Å²) in [5.41, 5.74) is 4.72. The molecular formula is C22H29O2P. The van der Waals surface area contributed by atoms with Crippen LogP contribution in [0.2, 0.25) is 0 Å². The highest BCUT2D eigenvalue weighted by Gasteiger charge is 2.33. The molecule has 0 saturated carbocycles. The Morgan fingerprint density at radius 3 is 2.20 bits per heavy atom. The molecule has 1 atom stereocenters. The van der Waals surface area contributed by atoms with Crippen molar-refractivity contribution in [2.45, 2.75) is 65.2 Å². The fourth-order valence-electron chi connectivity index (χ4n) is 3.27. The Balaban J connectivity index is 2.36. The maximum Gasteiger partial charge on any atom is 0.266 e. The van der Waals surface area contributed by atoms with Crippen LogP contribution >= 0.6 is 8.03 Å². The Hall–Kier alpha value is -1.53. The molecule has 2 nitrogen and oxygen atoms in total. The van der Waals surface area contributed by atoms with E-state index in [0.717, 1.165) is 35.0 Å². The predicted octanol–water partition coefficient (Wildman–Crippen LogP) is 6.22. The van der Waals surface area contributed by atoms with Crippen molar-refractivity contribution in [3.63, 3.8) is 0 Å². The van der Waals surface area contributed by atoms with E-state index in [1.165, 1.54) is 11.1 Å². The van der Waals surface area contributed by atoms with E-state index in [-0.39, 0.29) is 10.8 Å². The van der Waals surface area contributed by atoms with Crippen LogP contribution in [-0.2, 0) is 15.4 Å². The van der Waals surface area contributed by atoms with Crippen LogP contribution in [0.1, 0.15) is 65.5 Å². The number of fused-ring (bicyclic) bond motifs is 3. The molecular weight excluding hydrogens is 327 g/mol. The lowest BCUT2D eigenvalue weighted by Gasteiger charge is -2.33. The maximum atomic E-state index is 12.7. The smallest absolute Gasteiger partial charge is 0.266 e. The zero-order chi connectivity index (χ0) is 18.4. The minimum Gasteiger partial charge on any atom is -0.441 e. The molecule has 1 unspecified atom stereocenters. The molecule has 0 bridgehead atoms. The zero-order valence-electron chi connectivity index (χ0n) is 16.2. The third-order valence-electron chi connectivity index (χ3n) is 6.00. The highest BCUT2D eigenvalue weighted by molar-refractivity contribution is 7.49. The molecule has 1 aliphatic heterocycles. The van der Waals surface area contributed by atoms with Gasteiger partial charge in [0.2, 0.25) is 0 Å². The van der Waals surface area contributed by atoms with Crippen LogP contribution in [0.5, 0.6) is 5.75 Å². The first-order valence-corrected chi connectivity index (χ1v) is 10.5. The van der Waals surface area contributed by atoms with Crippen LogP contribution in [0, 0.1) is 0 Å². The summed E-state index contributed by atoms with van der Waals surface area (Å²) >= 11 is 0. The van der Waals surface area contributed by atoms with Crippen LogP contribution in [0.4, 0.5) is 0 Å². The number of rotatable bonds is 4. The Bertz CT molecular complexity index is 834. The second-order valence-corrected chi connectivity index (χ2v) is 9.63. The number of benzene rings is 2. The normalized spacial score (nSPS) is 16.8. The van der Waals surface area contributed by atoms with E-state index in [1.54, 1.807) is 0 Å². The van der Waals surface area contributed by atoms with E-state index in [0.29, 0.717) is 0 Å². The molecule has 1 aliphatic rings. The highest BCUT2D eigenvalue weighted by Crippen LogP contribution is 2.50. The first-order valence-electron chi connectivity index (χ1n) is 9.22. The molecule has 1 heterocycles. The van der Waals surface area contributed by atoms with Crippen LogP contribution < -0.4 is 9.83 Å². The summed E-state index contributed by atoms with van der Waals surface area (Å²) in [4.78, 5) is 0. The third-order valence-corrected chi connectivity index (χ3v) is 7.26. The molecule has 0 fully saturated rings. The fourth-order valence-corrected chi connectivity index (χ4v) is 4.46. The average molecular weight is 356 g/mol. The largest absolute Gasteiger partial charge is 0.441 e. The summed E-state index contributed by atoms with van der Waals surface area (Å²) in [6.45, 7) is 13.5. The van der Waals surface area contributed by atoms with Gasteiger partial charge in [0.15, 0.2) is 0 Å².